The Morgan fingerprint density at radius 2 is 2.36 bits per heavy atom. The normalized spacial score (nSPS) is 29.6. The molecule has 1 rings (SSSR count). The molecule has 2 unspecified atom stereocenters. The second-order valence-corrected chi connectivity index (χ2v) is 4.18. The van der Waals surface area contributed by atoms with Crippen molar-refractivity contribution in [2.45, 2.75) is 26.3 Å². The number of hydrogen-bond donors (Lipinski definition) is 1. The monoisotopic (exact) mass is 195 g/mol. The van der Waals surface area contributed by atoms with E-state index in [1.165, 1.54) is 0 Å². The van der Waals surface area contributed by atoms with Crippen molar-refractivity contribution in [3.05, 3.63) is 0 Å². The molecule has 4 nitrogen and oxygen atoms in total. The lowest BCUT2D eigenvalue weighted by molar-refractivity contribution is -0.125. The molecule has 0 aromatic carbocycles. The minimum atomic E-state index is -0.276. The number of likely N-dealkylation sites (N-methyl/N-ethyl adjacent to an activating group) is 1. The largest absolute Gasteiger partial charge is 0.358 e. The zero-order chi connectivity index (χ0) is 10.8. The summed E-state index contributed by atoms with van der Waals surface area (Å²) in [7, 11) is 1.64. The van der Waals surface area contributed by atoms with E-state index in [-0.39, 0.29) is 17.4 Å². The van der Waals surface area contributed by atoms with Crippen molar-refractivity contribution in [3.8, 4) is 6.07 Å². The minimum absolute atomic E-state index is 0.0205. The molecule has 0 aromatic rings. The highest BCUT2D eigenvalue weighted by molar-refractivity contribution is 5.81. The van der Waals surface area contributed by atoms with Crippen molar-refractivity contribution < 1.29 is 4.79 Å². The number of carbonyl (C=O) groups excluding carboxylic acids is 1. The van der Waals surface area contributed by atoms with E-state index < -0.39 is 0 Å². The topological polar surface area (TPSA) is 56.1 Å². The second-order valence-electron chi connectivity index (χ2n) is 4.18. The molecule has 4 heteroatoms. The van der Waals surface area contributed by atoms with Gasteiger partial charge in [0.1, 0.15) is 0 Å². The van der Waals surface area contributed by atoms with Crippen LogP contribution in [-0.2, 0) is 4.79 Å². The number of nitrogens with zero attached hydrogens (tertiary/aromatic N) is 2. The summed E-state index contributed by atoms with van der Waals surface area (Å²) >= 11 is 0. The van der Waals surface area contributed by atoms with Crippen LogP contribution in [0.15, 0.2) is 0 Å². The molecule has 0 spiro atoms. The summed E-state index contributed by atoms with van der Waals surface area (Å²) in [6.07, 6.45) is 0.852. The minimum Gasteiger partial charge on any atom is -0.358 e. The van der Waals surface area contributed by atoms with E-state index in [4.69, 9.17) is 5.26 Å². The van der Waals surface area contributed by atoms with Crippen molar-refractivity contribution in [1.29, 1.82) is 5.26 Å². The van der Waals surface area contributed by atoms with Crippen LogP contribution >= 0.6 is 0 Å². The van der Waals surface area contributed by atoms with E-state index in [0.717, 1.165) is 13.0 Å². The molecule has 1 amide bonds. The van der Waals surface area contributed by atoms with Gasteiger partial charge in [-0.3, -0.25) is 9.69 Å². The van der Waals surface area contributed by atoms with Crippen molar-refractivity contribution in [2.75, 3.05) is 20.1 Å². The number of nitrogens with one attached hydrogen (secondary N) is 1. The molecule has 1 fully saturated rings. The Morgan fingerprint density at radius 1 is 1.71 bits per heavy atom. The van der Waals surface area contributed by atoms with E-state index in [9.17, 15) is 4.79 Å². The lowest BCUT2D eigenvalue weighted by Gasteiger charge is -2.23. The van der Waals surface area contributed by atoms with Gasteiger partial charge in [-0.05, 0) is 20.3 Å². The SMILES string of the molecule is CNC(=O)C(C)N1CCC(C)(C#N)C1. The summed E-state index contributed by atoms with van der Waals surface area (Å²) in [6, 6.07) is 2.18. The van der Waals surface area contributed by atoms with E-state index in [1.54, 1.807) is 7.05 Å². The van der Waals surface area contributed by atoms with Gasteiger partial charge >= 0.3 is 0 Å². The zero-order valence-corrected chi connectivity index (χ0v) is 9.00. The average molecular weight is 195 g/mol. The van der Waals surface area contributed by atoms with Crippen molar-refractivity contribution in [3.63, 3.8) is 0 Å². The molecule has 14 heavy (non-hydrogen) atoms. The van der Waals surface area contributed by atoms with Gasteiger partial charge in [0.25, 0.3) is 0 Å². The Kier molecular flexibility index (Phi) is 3.12. The number of rotatable bonds is 2. The maximum Gasteiger partial charge on any atom is 0.236 e. The van der Waals surface area contributed by atoms with E-state index in [2.05, 4.69) is 16.3 Å². The van der Waals surface area contributed by atoms with Crippen LogP contribution in [0.3, 0.4) is 0 Å². The van der Waals surface area contributed by atoms with Gasteiger partial charge in [-0.1, -0.05) is 0 Å². The van der Waals surface area contributed by atoms with Gasteiger partial charge in [0.2, 0.25) is 5.91 Å². The van der Waals surface area contributed by atoms with E-state index in [0.29, 0.717) is 6.54 Å². The fourth-order valence-corrected chi connectivity index (χ4v) is 1.79. The molecule has 78 valence electrons. The molecule has 1 aliphatic heterocycles. The van der Waals surface area contributed by atoms with Crippen molar-refractivity contribution in [2.24, 2.45) is 5.41 Å². The Labute approximate surface area is 84.9 Å². The molecule has 0 radical (unpaired) electrons. The molecule has 0 saturated carbocycles. The number of carbonyl (C=O) groups is 1. The highest BCUT2D eigenvalue weighted by Crippen LogP contribution is 2.29. The summed E-state index contributed by atoms with van der Waals surface area (Å²) in [5.74, 6) is 0.0205. The van der Waals surface area contributed by atoms with Gasteiger partial charge in [-0.15, -0.1) is 0 Å². The predicted molar refractivity (Wildman–Crippen MR) is 53.4 cm³/mol. The Hall–Kier alpha value is -1.08. The molecule has 1 saturated heterocycles. The predicted octanol–water partition coefficient (Wildman–Crippen LogP) is 0.356. The van der Waals surface area contributed by atoms with Gasteiger partial charge < -0.3 is 5.32 Å². The first-order valence-electron chi connectivity index (χ1n) is 4.89. The number of amides is 1. The van der Waals surface area contributed by atoms with E-state index >= 15 is 0 Å². The third-order valence-electron chi connectivity index (χ3n) is 2.95. The quantitative estimate of drug-likeness (QED) is 0.692. The summed E-state index contributed by atoms with van der Waals surface area (Å²) in [6.45, 7) is 5.35. The summed E-state index contributed by atoms with van der Waals surface area (Å²) in [5, 5.41) is 11.6. The summed E-state index contributed by atoms with van der Waals surface area (Å²) in [5.41, 5.74) is -0.276. The van der Waals surface area contributed by atoms with Crippen LogP contribution in [0.5, 0.6) is 0 Å². The average Bonchev–Trinajstić information content (AvgIpc) is 2.59. The van der Waals surface area contributed by atoms with Gasteiger partial charge in [0.15, 0.2) is 0 Å². The van der Waals surface area contributed by atoms with Gasteiger partial charge in [-0.2, -0.15) is 5.26 Å². The van der Waals surface area contributed by atoms with Gasteiger partial charge in [-0.25, -0.2) is 0 Å². The summed E-state index contributed by atoms with van der Waals surface area (Å²) in [4.78, 5) is 13.4. The summed E-state index contributed by atoms with van der Waals surface area (Å²) < 4.78 is 0. The van der Waals surface area contributed by atoms with Crippen LogP contribution in [-0.4, -0.2) is 37.0 Å². The molecule has 0 aromatic heterocycles. The molecule has 1 aliphatic rings. The molecule has 1 heterocycles. The molecular weight excluding hydrogens is 178 g/mol. The number of likely N-dealkylation sites (tertiary alicyclic amines) is 1. The second kappa shape index (κ2) is 3.97. The highest BCUT2D eigenvalue weighted by Gasteiger charge is 2.37. The molecule has 2 atom stereocenters. The fourth-order valence-electron chi connectivity index (χ4n) is 1.79. The lowest BCUT2D eigenvalue weighted by atomic mass is 9.92. The fraction of sp³-hybridized carbons (Fsp3) is 0.800. The molecule has 0 aliphatic carbocycles. The first-order valence-corrected chi connectivity index (χ1v) is 4.89. The zero-order valence-electron chi connectivity index (χ0n) is 9.00. The number of nitriles is 1. The lowest BCUT2D eigenvalue weighted by Crippen LogP contribution is -2.43. The first kappa shape index (κ1) is 11.0. The van der Waals surface area contributed by atoms with Gasteiger partial charge in [0.05, 0.1) is 17.5 Å². The van der Waals surface area contributed by atoms with Crippen molar-refractivity contribution >= 4 is 5.91 Å². The van der Waals surface area contributed by atoms with Crippen LogP contribution in [0.25, 0.3) is 0 Å². The Bertz CT molecular complexity index is 271. The first-order chi connectivity index (χ1) is 6.52. The van der Waals surface area contributed by atoms with Crippen LogP contribution in [0.2, 0.25) is 0 Å². The molecule has 0 bridgehead atoms. The Balaban J connectivity index is 2.59. The Morgan fingerprint density at radius 3 is 2.79 bits per heavy atom. The maximum atomic E-state index is 11.4. The standard InChI is InChI=1S/C10H17N3O/c1-8(9(14)12-3)13-5-4-10(2,6-11)7-13/h8H,4-5,7H2,1-3H3,(H,12,14). The van der Waals surface area contributed by atoms with Crippen molar-refractivity contribution in [1.82, 2.24) is 10.2 Å². The van der Waals surface area contributed by atoms with Crippen LogP contribution in [0.4, 0.5) is 0 Å². The van der Waals surface area contributed by atoms with Crippen LogP contribution < -0.4 is 5.32 Å². The third-order valence-corrected chi connectivity index (χ3v) is 2.95. The maximum absolute atomic E-state index is 11.4. The molecular formula is C10H17N3O. The van der Waals surface area contributed by atoms with Crippen LogP contribution in [0, 0.1) is 16.7 Å². The molecule has 1 N–H and O–H groups in total. The highest BCUT2D eigenvalue weighted by atomic mass is 16.2. The third kappa shape index (κ3) is 2.05. The van der Waals surface area contributed by atoms with Crippen LogP contribution in [0.1, 0.15) is 20.3 Å². The van der Waals surface area contributed by atoms with E-state index in [1.807, 2.05) is 13.8 Å². The van der Waals surface area contributed by atoms with Gasteiger partial charge in [0, 0.05) is 20.1 Å². The number of hydrogen-bond acceptors (Lipinski definition) is 3. The smallest absolute Gasteiger partial charge is 0.236 e.